The zero-order valence-corrected chi connectivity index (χ0v) is 15.6. The lowest BCUT2D eigenvalue weighted by Crippen LogP contribution is -2.54. The zero-order chi connectivity index (χ0) is 18.3. The van der Waals surface area contributed by atoms with Crippen molar-refractivity contribution in [2.75, 3.05) is 48.5 Å². The first-order chi connectivity index (χ1) is 12.5. The van der Waals surface area contributed by atoms with Crippen LogP contribution in [0.15, 0.2) is 30.6 Å². The number of benzene rings is 1. The second-order valence-electron chi connectivity index (χ2n) is 7.11. The standard InChI is InChI=1S/C19H25N5O2/c1-21(2)14-6-7-16-18(11-14)26-10-9-24(16)17-5-4-8-23(19(17)25)15-12-20-22(3)13-15/h6-7,11-13,17H,4-5,8-10H2,1-3H3. The van der Waals surface area contributed by atoms with E-state index < -0.39 is 0 Å². The summed E-state index contributed by atoms with van der Waals surface area (Å²) in [5, 5.41) is 4.21. The predicted octanol–water partition coefficient (Wildman–Crippen LogP) is 1.88. The van der Waals surface area contributed by atoms with E-state index in [0.29, 0.717) is 6.61 Å². The normalized spacial score (nSPS) is 20.0. The van der Waals surface area contributed by atoms with Crippen LogP contribution in [0.2, 0.25) is 0 Å². The minimum absolute atomic E-state index is 0.147. The quantitative estimate of drug-likeness (QED) is 0.841. The molecule has 2 aliphatic rings. The van der Waals surface area contributed by atoms with Gasteiger partial charge in [-0.15, -0.1) is 0 Å². The average Bonchev–Trinajstić information content (AvgIpc) is 3.07. The van der Waals surface area contributed by atoms with Crippen LogP contribution in [0.5, 0.6) is 5.75 Å². The van der Waals surface area contributed by atoms with Gasteiger partial charge in [-0.3, -0.25) is 9.48 Å². The first kappa shape index (κ1) is 16.8. The number of hydrogen-bond acceptors (Lipinski definition) is 5. The SMILES string of the molecule is CN(C)c1ccc2c(c1)OCCN2C1CCCN(c2cnn(C)c2)C1=O. The van der Waals surface area contributed by atoms with Crippen molar-refractivity contribution >= 4 is 23.0 Å². The summed E-state index contributed by atoms with van der Waals surface area (Å²) < 4.78 is 7.61. The first-order valence-electron chi connectivity index (χ1n) is 9.05. The summed E-state index contributed by atoms with van der Waals surface area (Å²) in [6.07, 6.45) is 5.51. The topological polar surface area (TPSA) is 53.8 Å². The van der Waals surface area contributed by atoms with Crippen molar-refractivity contribution in [2.24, 2.45) is 7.05 Å². The number of fused-ring (bicyclic) bond motifs is 1. The average molecular weight is 355 g/mol. The summed E-state index contributed by atoms with van der Waals surface area (Å²) in [7, 11) is 5.90. The molecule has 3 heterocycles. The Bertz CT molecular complexity index is 816. The van der Waals surface area contributed by atoms with Crippen molar-refractivity contribution in [1.29, 1.82) is 0 Å². The van der Waals surface area contributed by atoms with Gasteiger partial charge >= 0.3 is 0 Å². The van der Waals surface area contributed by atoms with Crippen molar-refractivity contribution in [3.8, 4) is 5.75 Å². The number of carbonyl (C=O) groups excluding carboxylic acids is 1. The predicted molar refractivity (Wildman–Crippen MR) is 102 cm³/mol. The van der Waals surface area contributed by atoms with Gasteiger partial charge in [0.05, 0.1) is 24.1 Å². The summed E-state index contributed by atoms with van der Waals surface area (Å²) >= 11 is 0. The third kappa shape index (κ3) is 2.87. The molecule has 7 heteroatoms. The highest BCUT2D eigenvalue weighted by Gasteiger charge is 2.36. The fraction of sp³-hybridized carbons (Fsp3) is 0.474. The molecule has 1 aromatic heterocycles. The van der Waals surface area contributed by atoms with Crippen LogP contribution >= 0.6 is 0 Å². The van der Waals surface area contributed by atoms with Gasteiger partial charge in [0.2, 0.25) is 5.91 Å². The monoisotopic (exact) mass is 355 g/mol. The lowest BCUT2D eigenvalue weighted by molar-refractivity contribution is -0.121. The number of ether oxygens (including phenoxy) is 1. The fourth-order valence-corrected chi connectivity index (χ4v) is 3.78. The van der Waals surface area contributed by atoms with Gasteiger partial charge in [-0.1, -0.05) is 0 Å². The minimum atomic E-state index is -0.156. The second-order valence-corrected chi connectivity index (χ2v) is 7.11. The molecule has 2 aliphatic heterocycles. The molecule has 0 spiro atoms. The molecule has 0 aliphatic carbocycles. The Balaban J connectivity index is 1.62. The van der Waals surface area contributed by atoms with E-state index in [2.05, 4.69) is 27.0 Å². The molecule has 26 heavy (non-hydrogen) atoms. The number of aryl methyl sites for hydroxylation is 1. The summed E-state index contributed by atoms with van der Waals surface area (Å²) in [6.45, 7) is 2.07. The lowest BCUT2D eigenvalue weighted by Gasteiger charge is -2.41. The Kier molecular flexibility index (Phi) is 4.22. The van der Waals surface area contributed by atoms with E-state index in [9.17, 15) is 4.79 Å². The molecule has 138 valence electrons. The number of anilines is 3. The number of hydrogen-bond donors (Lipinski definition) is 0. The van der Waals surface area contributed by atoms with Gasteiger partial charge in [-0.05, 0) is 25.0 Å². The molecule has 0 N–H and O–H groups in total. The largest absolute Gasteiger partial charge is 0.489 e. The van der Waals surface area contributed by atoms with Gasteiger partial charge in [0.15, 0.2) is 0 Å². The maximum Gasteiger partial charge on any atom is 0.249 e. The molecule has 1 saturated heterocycles. The third-order valence-corrected chi connectivity index (χ3v) is 5.15. The van der Waals surface area contributed by atoms with Gasteiger partial charge in [-0.2, -0.15) is 5.10 Å². The number of rotatable bonds is 3. The van der Waals surface area contributed by atoms with Gasteiger partial charge < -0.3 is 19.4 Å². The zero-order valence-electron chi connectivity index (χ0n) is 15.6. The summed E-state index contributed by atoms with van der Waals surface area (Å²) in [5.41, 5.74) is 2.98. The van der Waals surface area contributed by atoms with Crippen LogP contribution in [0.1, 0.15) is 12.8 Å². The molecule has 4 rings (SSSR count). The van der Waals surface area contributed by atoms with E-state index in [4.69, 9.17) is 4.74 Å². The van der Waals surface area contributed by atoms with E-state index in [-0.39, 0.29) is 11.9 Å². The Morgan fingerprint density at radius 3 is 2.85 bits per heavy atom. The molecule has 0 bridgehead atoms. The van der Waals surface area contributed by atoms with E-state index in [1.54, 1.807) is 10.9 Å². The van der Waals surface area contributed by atoms with Gasteiger partial charge in [-0.25, -0.2) is 0 Å². The van der Waals surface area contributed by atoms with Crippen LogP contribution in [-0.4, -0.2) is 55.5 Å². The van der Waals surface area contributed by atoms with Crippen molar-refractivity contribution in [1.82, 2.24) is 9.78 Å². The third-order valence-electron chi connectivity index (χ3n) is 5.15. The molecular weight excluding hydrogens is 330 g/mol. The lowest BCUT2D eigenvalue weighted by atomic mass is 10.0. The summed E-state index contributed by atoms with van der Waals surface area (Å²) in [6, 6.07) is 6.04. The summed E-state index contributed by atoms with van der Waals surface area (Å²) in [5.74, 6) is 1.00. The molecule has 2 aromatic rings. The van der Waals surface area contributed by atoms with E-state index >= 15 is 0 Å². The fourth-order valence-electron chi connectivity index (χ4n) is 3.78. The summed E-state index contributed by atoms with van der Waals surface area (Å²) in [4.78, 5) is 19.3. The number of piperidine rings is 1. The second kappa shape index (κ2) is 6.55. The van der Waals surface area contributed by atoms with Crippen LogP contribution in [0.25, 0.3) is 0 Å². The molecule has 1 fully saturated rings. The Morgan fingerprint density at radius 1 is 1.27 bits per heavy atom. The molecule has 1 amide bonds. The number of carbonyl (C=O) groups is 1. The number of nitrogens with zero attached hydrogens (tertiary/aromatic N) is 5. The van der Waals surface area contributed by atoms with Crippen molar-refractivity contribution < 1.29 is 9.53 Å². The first-order valence-corrected chi connectivity index (χ1v) is 9.05. The molecule has 1 atom stereocenters. The molecule has 1 aromatic carbocycles. The van der Waals surface area contributed by atoms with Crippen LogP contribution in [0, 0.1) is 0 Å². The minimum Gasteiger partial charge on any atom is -0.489 e. The Hall–Kier alpha value is -2.70. The highest BCUT2D eigenvalue weighted by Crippen LogP contribution is 2.37. The highest BCUT2D eigenvalue weighted by molar-refractivity contribution is 6.00. The molecule has 0 saturated carbocycles. The van der Waals surface area contributed by atoms with Crippen molar-refractivity contribution in [3.63, 3.8) is 0 Å². The Labute approximate surface area is 153 Å². The van der Waals surface area contributed by atoms with Gasteiger partial charge in [0.25, 0.3) is 0 Å². The van der Waals surface area contributed by atoms with Crippen LogP contribution < -0.4 is 19.4 Å². The maximum atomic E-state index is 13.2. The Morgan fingerprint density at radius 2 is 2.12 bits per heavy atom. The van der Waals surface area contributed by atoms with E-state index in [0.717, 1.165) is 48.7 Å². The smallest absolute Gasteiger partial charge is 0.249 e. The molecular formula is C19H25N5O2. The van der Waals surface area contributed by atoms with Crippen LogP contribution in [-0.2, 0) is 11.8 Å². The van der Waals surface area contributed by atoms with Crippen LogP contribution in [0.4, 0.5) is 17.1 Å². The van der Waals surface area contributed by atoms with Crippen molar-refractivity contribution in [2.45, 2.75) is 18.9 Å². The number of aromatic nitrogens is 2. The van der Waals surface area contributed by atoms with E-state index in [1.807, 2.05) is 38.3 Å². The molecule has 7 nitrogen and oxygen atoms in total. The van der Waals surface area contributed by atoms with Gasteiger partial charge in [0.1, 0.15) is 18.4 Å². The highest BCUT2D eigenvalue weighted by atomic mass is 16.5. The maximum absolute atomic E-state index is 13.2. The van der Waals surface area contributed by atoms with E-state index in [1.165, 1.54) is 0 Å². The van der Waals surface area contributed by atoms with Gasteiger partial charge in [0, 0.05) is 45.6 Å². The molecule has 0 radical (unpaired) electrons. The van der Waals surface area contributed by atoms with Crippen molar-refractivity contribution in [3.05, 3.63) is 30.6 Å². The van der Waals surface area contributed by atoms with Crippen LogP contribution in [0.3, 0.4) is 0 Å². The number of amides is 1. The molecule has 1 unspecified atom stereocenters.